The van der Waals surface area contributed by atoms with Crippen molar-refractivity contribution in [3.63, 3.8) is 0 Å². The minimum atomic E-state index is 0.422. The average molecular weight is 290 g/mol. The van der Waals surface area contributed by atoms with Gasteiger partial charge in [0.1, 0.15) is 11.6 Å². The predicted molar refractivity (Wildman–Crippen MR) is 79.4 cm³/mol. The van der Waals surface area contributed by atoms with Crippen molar-refractivity contribution >= 4 is 16.3 Å². The molecule has 0 saturated carbocycles. The smallest absolute Gasteiger partial charge is 0.196 e. The van der Waals surface area contributed by atoms with Crippen LogP contribution in [0.15, 0.2) is 11.6 Å². The van der Waals surface area contributed by atoms with Gasteiger partial charge >= 0.3 is 0 Å². The maximum absolute atomic E-state index is 4.70. The Morgan fingerprint density at radius 2 is 2.10 bits per heavy atom. The third-order valence-corrected chi connectivity index (χ3v) is 3.85. The van der Waals surface area contributed by atoms with Gasteiger partial charge in [-0.05, 0) is 13.8 Å². The number of hydrogen-bond acceptors (Lipinski definition) is 5. The standard InChI is InChI=1S/C13H18N6S/c1-8(2)14-7-11-12(16-13-18(11)5-6-20-13)19-10(4)15-9(3)17-19/h5-6,8,14H,7H2,1-4H3. The van der Waals surface area contributed by atoms with E-state index in [1.54, 1.807) is 11.3 Å². The molecule has 0 aromatic carbocycles. The summed E-state index contributed by atoms with van der Waals surface area (Å²) in [5, 5.41) is 9.94. The molecule has 1 N–H and O–H groups in total. The fraction of sp³-hybridized carbons (Fsp3) is 0.462. The third kappa shape index (κ3) is 2.23. The summed E-state index contributed by atoms with van der Waals surface area (Å²) >= 11 is 1.63. The second-order valence-corrected chi connectivity index (χ2v) is 5.96. The Morgan fingerprint density at radius 1 is 1.30 bits per heavy atom. The molecule has 0 bridgehead atoms. The van der Waals surface area contributed by atoms with E-state index in [0.29, 0.717) is 6.04 Å². The molecule has 0 spiro atoms. The minimum absolute atomic E-state index is 0.422. The second kappa shape index (κ2) is 4.99. The van der Waals surface area contributed by atoms with Crippen LogP contribution in [-0.2, 0) is 6.54 Å². The lowest BCUT2D eigenvalue weighted by Crippen LogP contribution is -2.23. The van der Waals surface area contributed by atoms with Crippen LogP contribution in [0.1, 0.15) is 31.2 Å². The molecule has 3 aromatic heterocycles. The van der Waals surface area contributed by atoms with Crippen molar-refractivity contribution in [2.24, 2.45) is 0 Å². The highest BCUT2D eigenvalue weighted by atomic mass is 32.1. The zero-order valence-corrected chi connectivity index (χ0v) is 12.9. The summed E-state index contributed by atoms with van der Waals surface area (Å²) in [4.78, 5) is 10.0. The predicted octanol–water partition coefficient (Wildman–Crippen LogP) is 2.09. The van der Waals surface area contributed by atoms with Crippen LogP contribution in [0, 0.1) is 13.8 Å². The molecule has 20 heavy (non-hydrogen) atoms. The average Bonchev–Trinajstić information content (AvgIpc) is 3.00. The summed E-state index contributed by atoms with van der Waals surface area (Å²) in [5.41, 5.74) is 1.11. The number of aryl methyl sites for hydroxylation is 2. The van der Waals surface area contributed by atoms with Gasteiger partial charge in [0.25, 0.3) is 0 Å². The lowest BCUT2D eigenvalue weighted by Gasteiger charge is -2.09. The van der Waals surface area contributed by atoms with Crippen LogP contribution >= 0.6 is 11.3 Å². The van der Waals surface area contributed by atoms with E-state index in [1.165, 1.54) is 0 Å². The molecule has 3 rings (SSSR count). The number of rotatable bonds is 4. The summed E-state index contributed by atoms with van der Waals surface area (Å²) in [7, 11) is 0. The van der Waals surface area contributed by atoms with Crippen molar-refractivity contribution in [3.8, 4) is 5.82 Å². The van der Waals surface area contributed by atoms with Crippen molar-refractivity contribution in [3.05, 3.63) is 28.9 Å². The molecule has 0 amide bonds. The van der Waals surface area contributed by atoms with E-state index in [2.05, 4.69) is 33.6 Å². The number of fused-ring (bicyclic) bond motifs is 1. The molecule has 0 fully saturated rings. The molecular formula is C13H18N6S. The maximum Gasteiger partial charge on any atom is 0.196 e. The van der Waals surface area contributed by atoms with Crippen LogP contribution < -0.4 is 5.32 Å². The highest BCUT2D eigenvalue weighted by molar-refractivity contribution is 7.15. The van der Waals surface area contributed by atoms with E-state index < -0.39 is 0 Å². The van der Waals surface area contributed by atoms with Gasteiger partial charge in [0.15, 0.2) is 10.8 Å². The molecule has 0 saturated heterocycles. The molecule has 0 aliphatic heterocycles. The Morgan fingerprint density at radius 3 is 2.75 bits per heavy atom. The topological polar surface area (TPSA) is 60.0 Å². The van der Waals surface area contributed by atoms with Gasteiger partial charge in [-0.3, -0.25) is 4.40 Å². The lowest BCUT2D eigenvalue weighted by atomic mass is 10.3. The van der Waals surface area contributed by atoms with E-state index in [-0.39, 0.29) is 0 Å². The van der Waals surface area contributed by atoms with Gasteiger partial charge in [0, 0.05) is 24.2 Å². The van der Waals surface area contributed by atoms with Crippen molar-refractivity contribution in [2.45, 2.75) is 40.3 Å². The summed E-state index contributed by atoms with van der Waals surface area (Å²) < 4.78 is 3.94. The summed E-state index contributed by atoms with van der Waals surface area (Å²) in [5.74, 6) is 2.49. The fourth-order valence-corrected chi connectivity index (χ4v) is 2.91. The van der Waals surface area contributed by atoms with Gasteiger partial charge < -0.3 is 5.32 Å². The van der Waals surface area contributed by atoms with Crippen molar-refractivity contribution < 1.29 is 0 Å². The number of nitrogens with zero attached hydrogens (tertiary/aromatic N) is 5. The van der Waals surface area contributed by atoms with Gasteiger partial charge in [0.2, 0.25) is 0 Å². The molecule has 0 radical (unpaired) electrons. The van der Waals surface area contributed by atoms with Gasteiger partial charge in [-0.2, -0.15) is 9.67 Å². The Hall–Kier alpha value is -1.73. The van der Waals surface area contributed by atoms with Gasteiger partial charge in [0.05, 0.1) is 5.69 Å². The highest BCUT2D eigenvalue weighted by Crippen LogP contribution is 2.21. The Bertz CT molecular complexity index is 735. The summed E-state index contributed by atoms with van der Waals surface area (Å²) in [6.07, 6.45) is 2.05. The number of hydrogen-bond donors (Lipinski definition) is 1. The normalized spacial score (nSPS) is 11.8. The zero-order chi connectivity index (χ0) is 14.3. The second-order valence-electron chi connectivity index (χ2n) is 5.09. The van der Waals surface area contributed by atoms with E-state index in [4.69, 9.17) is 4.98 Å². The lowest BCUT2D eigenvalue weighted by molar-refractivity contribution is 0.576. The summed E-state index contributed by atoms with van der Waals surface area (Å²) in [6.45, 7) is 8.87. The first-order valence-corrected chi connectivity index (χ1v) is 7.52. The molecule has 6 nitrogen and oxygen atoms in total. The largest absolute Gasteiger partial charge is 0.309 e. The molecule has 0 aliphatic carbocycles. The molecule has 0 aliphatic rings. The zero-order valence-electron chi connectivity index (χ0n) is 12.1. The van der Waals surface area contributed by atoms with Crippen LogP contribution in [0.3, 0.4) is 0 Å². The van der Waals surface area contributed by atoms with E-state index in [0.717, 1.165) is 34.7 Å². The van der Waals surface area contributed by atoms with Crippen molar-refractivity contribution in [1.82, 2.24) is 29.5 Å². The number of thiazole rings is 1. The Balaban J connectivity index is 2.11. The molecule has 106 valence electrons. The third-order valence-electron chi connectivity index (χ3n) is 3.09. The molecule has 0 atom stereocenters. The number of nitrogens with one attached hydrogen (secondary N) is 1. The summed E-state index contributed by atoms with van der Waals surface area (Å²) in [6, 6.07) is 0.422. The van der Waals surface area contributed by atoms with Gasteiger partial charge in [-0.15, -0.1) is 16.4 Å². The van der Waals surface area contributed by atoms with Crippen LogP contribution in [0.5, 0.6) is 0 Å². The van der Waals surface area contributed by atoms with Crippen LogP contribution in [0.4, 0.5) is 0 Å². The first-order valence-electron chi connectivity index (χ1n) is 6.64. The highest BCUT2D eigenvalue weighted by Gasteiger charge is 2.17. The van der Waals surface area contributed by atoms with E-state index >= 15 is 0 Å². The van der Waals surface area contributed by atoms with E-state index in [1.807, 2.05) is 30.1 Å². The first kappa shape index (κ1) is 13.3. The van der Waals surface area contributed by atoms with Gasteiger partial charge in [-0.1, -0.05) is 13.8 Å². The minimum Gasteiger partial charge on any atom is -0.309 e. The van der Waals surface area contributed by atoms with E-state index in [9.17, 15) is 0 Å². The molecule has 3 heterocycles. The molecular weight excluding hydrogens is 272 g/mol. The Kier molecular flexibility index (Phi) is 3.31. The quantitative estimate of drug-likeness (QED) is 0.799. The van der Waals surface area contributed by atoms with Crippen LogP contribution in [0.25, 0.3) is 10.8 Å². The number of aromatic nitrogens is 5. The maximum atomic E-state index is 4.70. The monoisotopic (exact) mass is 290 g/mol. The first-order chi connectivity index (χ1) is 9.56. The Labute approximate surface area is 121 Å². The SMILES string of the molecule is Cc1nc(C)n(-c2nc3sccn3c2CNC(C)C)n1. The number of imidazole rings is 1. The van der Waals surface area contributed by atoms with Crippen LogP contribution in [0.2, 0.25) is 0 Å². The van der Waals surface area contributed by atoms with Crippen molar-refractivity contribution in [2.75, 3.05) is 0 Å². The molecule has 3 aromatic rings. The van der Waals surface area contributed by atoms with Crippen molar-refractivity contribution in [1.29, 1.82) is 0 Å². The molecule has 7 heteroatoms. The fourth-order valence-electron chi connectivity index (χ4n) is 2.18. The van der Waals surface area contributed by atoms with Gasteiger partial charge in [-0.25, -0.2) is 4.98 Å². The van der Waals surface area contributed by atoms with Crippen LogP contribution in [-0.4, -0.2) is 30.2 Å². The molecule has 0 unspecified atom stereocenters.